The molecule has 2 N–H and O–H groups in total. The molecule has 2 heterocycles. The summed E-state index contributed by atoms with van der Waals surface area (Å²) in [6.45, 7) is 0.131. The second kappa shape index (κ2) is 11.9. The van der Waals surface area contributed by atoms with Crippen molar-refractivity contribution in [2.75, 3.05) is 6.54 Å². The third-order valence-electron chi connectivity index (χ3n) is 5.14. The van der Waals surface area contributed by atoms with Gasteiger partial charge in [-0.15, -0.1) is 0 Å². The van der Waals surface area contributed by atoms with Gasteiger partial charge in [0.1, 0.15) is 0 Å². The van der Waals surface area contributed by atoms with Gasteiger partial charge in [-0.2, -0.15) is 18.3 Å². The van der Waals surface area contributed by atoms with Gasteiger partial charge in [-0.3, -0.25) is 4.98 Å². The summed E-state index contributed by atoms with van der Waals surface area (Å²) in [4.78, 5) is 15.6. The summed E-state index contributed by atoms with van der Waals surface area (Å²) in [5.41, 5.74) is 1.09. The molecule has 0 unspecified atom stereocenters. The molecule has 0 atom stereocenters. The van der Waals surface area contributed by atoms with Gasteiger partial charge in [-0.05, 0) is 42.3 Å². The van der Waals surface area contributed by atoms with Gasteiger partial charge < -0.3 is 5.32 Å². The number of alkyl halides is 3. The van der Waals surface area contributed by atoms with Crippen LogP contribution in [0.3, 0.4) is 0 Å². The summed E-state index contributed by atoms with van der Waals surface area (Å²) >= 11 is 0. The molecule has 2 amide bonds. The molecule has 13 heteroatoms. The molecule has 8 nitrogen and oxygen atoms in total. The van der Waals surface area contributed by atoms with E-state index in [4.69, 9.17) is 0 Å². The number of amides is 2. The van der Waals surface area contributed by atoms with Crippen LogP contribution in [0.25, 0.3) is 16.9 Å². The van der Waals surface area contributed by atoms with E-state index in [0.29, 0.717) is 23.4 Å². The number of halogens is 3. The van der Waals surface area contributed by atoms with Crippen LogP contribution in [0, 0.1) is 0 Å². The molecule has 0 fully saturated rings. The van der Waals surface area contributed by atoms with Crippen molar-refractivity contribution in [2.24, 2.45) is 0 Å². The van der Waals surface area contributed by atoms with Gasteiger partial charge in [0, 0.05) is 54.1 Å². The van der Waals surface area contributed by atoms with Crippen molar-refractivity contribution in [3.8, 4) is 16.9 Å². The monoisotopic (exact) mass is 538 g/mol. The molecule has 187 valence electrons. The van der Waals surface area contributed by atoms with Crippen LogP contribution in [0.1, 0.15) is 11.3 Å². The number of pyridine rings is 1. The van der Waals surface area contributed by atoms with Gasteiger partial charge in [-0.25, -0.2) is 22.6 Å². The fourth-order valence-corrected chi connectivity index (χ4v) is 4.30. The number of carbonyl (C=O) groups is 1. The van der Waals surface area contributed by atoms with Crippen LogP contribution in [0.15, 0.2) is 90.1 Å². The van der Waals surface area contributed by atoms with Crippen molar-refractivity contribution in [2.45, 2.75) is 17.5 Å². The summed E-state index contributed by atoms with van der Waals surface area (Å²) in [7, 11) is -4.02. The van der Waals surface area contributed by atoms with Crippen LogP contribution in [0.4, 0.5) is 18.0 Å². The van der Waals surface area contributed by atoms with Crippen molar-refractivity contribution in [3.63, 3.8) is 0 Å². The van der Waals surface area contributed by atoms with Crippen LogP contribution in [0.5, 0.6) is 0 Å². The number of nitrogens with one attached hydrogen (secondary N) is 2. The predicted molar refractivity (Wildman–Crippen MR) is 131 cm³/mol. The van der Waals surface area contributed by atoms with E-state index < -0.39 is 27.9 Å². The Balaban J connectivity index is 0.00000380. The smallest absolute Gasteiger partial charge is 0.337 e. The first-order chi connectivity index (χ1) is 17.1. The topological polar surface area (TPSA) is 106 Å². The fraction of sp³-hybridized carbons (Fsp3) is 0.125. The maximum absolute atomic E-state index is 13.3. The average molecular weight is 539 g/mol. The van der Waals surface area contributed by atoms with E-state index >= 15 is 0 Å². The molecule has 0 spiro atoms. The zero-order valence-electron chi connectivity index (χ0n) is 19.6. The van der Waals surface area contributed by atoms with Crippen molar-refractivity contribution in [1.29, 1.82) is 0 Å². The second-order valence-corrected chi connectivity index (χ2v) is 9.33. The van der Waals surface area contributed by atoms with E-state index in [-0.39, 0.29) is 41.0 Å². The Kier molecular flexibility index (Phi) is 9.13. The summed E-state index contributed by atoms with van der Waals surface area (Å²) in [6.07, 6.45) is -1.63. The zero-order valence-corrected chi connectivity index (χ0v) is 22.4. The Morgan fingerprint density at radius 1 is 0.946 bits per heavy atom. The fourth-order valence-electron chi connectivity index (χ4n) is 3.39. The van der Waals surface area contributed by atoms with Gasteiger partial charge in [0.05, 0.1) is 16.3 Å². The molecule has 2 aromatic heterocycles. The van der Waals surface area contributed by atoms with Gasteiger partial charge in [-0.1, -0.05) is 42.5 Å². The quantitative estimate of drug-likeness (QED) is 0.348. The molecule has 1 radical (unpaired) electrons. The molecule has 0 aliphatic rings. The molecule has 0 bridgehead atoms. The first-order valence-corrected chi connectivity index (χ1v) is 12.1. The van der Waals surface area contributed by atoms with Crippen molar-refractivity contribution < 1.29 is 26.4 Å². The first-order valence-electron chi connectivity index (χ1n) is 10.7. The van der Waals surface area contributed by atoms with E-state index in [1.165, 1.54) is 29.2 Å². The number of urea groups is 1. The molecule has 2 aromatic carbocycles. The van der Waals surface area contributed by atoms with Crippen LogP contribution in [-0.4, -0.2) is 65.3 Å². The van der Waals surface area contributed by atoms with E-state index in [0.717, 1.165) is 11.6 Å². The van der Waals surface area contributed by atoms with E-state index in [9.17, 15) is 26.4 Å². The summed E-state index contributed by atoms with van der Waals surface area (Å²) in [5, 5.41) is 6.23. The number of hydrogen-bond donors (Lipinski definition) is 2. The van der Waals surface area contributed by atoms with E-state index in [2.05, 4.69) is 15.4 Å². The van der Waals surface area contributed by atoms with Crippen molar-refractivity contribution in [1.82, 2.24) is 24.8 Å². The van der Waals surface area contributed by atoms with Crippen molar-refractivity contribution in [3.05, 3.63) is 96.4 Å². The van der Waals surface area contributed by atoms with Gasteiger partial charge in [0.15, 0.2) is 5.69 Å². The second-order valence-electron chi connectivity index (χ2n) is 7.65. The predicted octanol–water partition coefficient (Wildman–Crippen LogP) is 3.80. The number of hydrogen-bond acceptors (Lipinski definition) is 5. The molecular weight excluding hydrogens is 518 g/mol. The van der Waals surface area contributed by atoms with Crippen molar-refractivity contribution >= 4 is 45.6 Å². The number of benzene rings is 2. The zero-order chi connectivity index (χ0) is 25.8. The van der Waals surface area contributed by atoms with Crippen LogP contribution in [0.2, 0.25) is 0 Å². The summed E-state index contributed by atoms with van der Waals surface area (Å²) in [5.74, 6) is 0. The molecular formula is C24H20F3N5NaO3S. The largest absolute Gasteiger partial charge is 0.435 e. The van der Waals surface area contributed by atoms with E-state index in [1.54, 1.807) is 54.6 Å². The molecule has 4 rings (SSSR count). The minimum absolute atomic E-state index is 0. The normalized spacial score (nSPS) is 11.4. The Labute approximate surface area is 233 Å². The molecule has 0 saturated carbocycles. The Hall–Kier alpha value is -3.19. The number of aromatic nitrogens is 3. The minimum Gasteiger partial charge on any atom is -0.337 e. The Bertz CT molecular complexity index is 1450. The summed E-state index contributed by atoms with van der Waals surface area (Å²) in [6, 6.07) is 17.9. The van der Waals surface area contributed by atoms with Gasteiger partial charge in [0.25, 0.3) is 10.0 Å². The molecule has 0 saturated heterocycles. The SMILES string of the molecule is O=C(NCCc1ccc(-n2nc(C(F)(F)F)cc2-c2ccccc2)cc1)NS(=O)(=O)c1ccncc1.[Na]. The standard InChI is InChI=1S/C24H20F3N5O3S.Na/c25-24(26,27)22-16-21(18-4-2-1-3-5-18)32(30-22)19-8-6-17(7-9-19)10-15-29-23(33)31-36(34,35)20-11-13-28-14-12-20;/h1-9,11-14,16H,10,15H2,(H2,29,31,33);. The Morgan fingerprint density at radius 3 is 2.22 bits per heavy atom. The van der Waals surface area contributed by atoms with Crippen LogP contribution in [-0.2, 0) is 22.6 Å². The number of rotatable bonds is 7. The third kappa shape index (κ3) is 7.19. The Morgan fingerprint density at radius 2 is 1.59 bits per heavy atom. The maximum atomic E-state index is 13.3. The molecule has 4 aromatic rings. The van der Waals surface area contributed by atoms with Gasteiger partial charge in [0.2, 0.25) is 0 Å². The van der Waals surface area contributed by atoms with E-state index in [1.807, 2.05) is 4.72 Å². The maximum Gasteiger partial charge on any atom is 0.435 e. The number of sulfonamides is 1. The minimum atomic E-state index is -4.59. The third-order valence-corrected chi connectivity index (χ3v) is 6.48. The number of nitrogens with zero attached hydrogens (tertiary/aromatic N) is 3. The average Bonchev–Trinajstić information content (AvgIpc) is 3.32. The van der Waals surface area contributed by atoms with Gasteiger partial charge >= 0.3 is 12.2 Å². The molecule has 37 heavy (non-hydrogen) atoms. The summed E-state index contributed by atoms with van der Waals surface area (Å²) < 4.78 is 67.5. The van der Waals surface area contributed by atoms with Crippen LogP contribution < -0.4 is 10.0 Å². The van der Waals surface area contributed by atoms with Crippen LogP contribution >= 0.6 is 0 Å². The molecule has 0 aliphatic heterocycles. The number of carbonyl (C=O) groups excluding carboxylic acids is 1. The first kappa shape index (κ1) is 28.4. The molecule has 0 aliphatic carbocycles.